The molecular weight excluding hydrogens is 226 g/mol. The molecule has 1 unspecified atom stereocenters. The van der Waals surface area contributed by atoms with E-state index >= 15 is 0 Å². The Morgan fingerprint density at radius 3 is 2.61 bits per heavy atom. The Kier molecular flexibility index (Phi) is 4.26. The van der Waals surface area contributed by atoms with Gasteiger partial charge in [0.05, 0.1) is 20.3 Å². The molecule has 0 fully saturated rings. The molecule has 1 aliphatic rings. The van der Waals surface area contributed by atoms with E-state index in [1.165, 1.54) is 18.4 Å². The molecule has 1 aromatic rings. The van der Waals surface area contributed by atoms with Gasteiger partial charge in [0.1, 0.15) is 11.5 Å². The van der Waals surface area contributed by atoms with Crippen LogP contribution in [0.25, 0.3) is 0 Å². The molecule has 98 valence electrons. The first-order valence-electron chi connectivity index (χ1n) is 6.38. The van der Waals surface area contributed by atoms with Crippen molar-refractivity contribution >= 4 is 0 Å². The Morgan fingerprint density at radius 2 is 2.06 bits per heavy atom. The summed E-state index contributed by atoms with van der Waals surface area (Å²) in [5, 5.41) is 3.38. The van der Waals surface area contributed by atoms with E-state index in [1.807, 2.05) is 19.2 Å². The summed E-state index contributed by atoms with van der Waals surface area (Å²) in [6.07, 6.45) is 5.92. The average Bonchev–Trinajstić information content (AvgIpc) is 2.93. The van der Waals surface area contributed by atoms with Crippen LogP contribution < -0.4 is 14.8 Å². The second kappa shape index (κ2) is 5.91. The SMILES string of the molecule is CNC(C1=CCCC1)c1cc(OC)ccc1OC. The second-order valence-corrected chi connectivity index (χ2v) is 4.50. The number of hydrogen-bond acceptors (Lipinski definition) is 3. The van der Waals surface area contributed by atoms with Crippen molar-refractivity contribution in [1.29, 1.82) is 0 Å². The Hall–Kier alpha value is -1.48. The zero-order chi connectivity index (χ0) is 13.0. The van der Waals surface area contributed by atoms with Gasteiger partial charge < -0.3 is 14.8 Å². The summed E-state index contributed by atoms with van der Waals surface area (Å²) in [6, 6.07) is 6.17. The number of allylic oxidation sites excluding steroid dienone is 1. The van der Waals surface area contributed by atoms with E-state index in [4.69, 9.17) is 9.47 Å². The minimum atomic E-state index is 0.220. The summed E-state index contributed by atoms with van der Waals surface area (Å²) in [5.74, 6) is 1.77. The summed E-state index contributed by atoms with van der Waals surface area (Å²) < 4.78 is 10.8. The quantitative estimate of drug-likeness (QED) is 0.811. The van der Waals surface area contributed by atoms with Crippen LogP contribution in [0.2, 0.25) is 0 Å². The Balaban J connectivity index is 2.39. The lowest BCUT2D eigenvalue weighted by molar-refractivity contribution is 0.394. The first-order chi connectivity index (χ1) is 8.80. The highest BCUT2D eigenvalue weighted by molar-refractivity contribution is 5.45. The van der Waals surface area contributed by atoms with E-state index in [2.05, 4.69) is 17.5 Å². The van der Waals surface area contributed by atoms with E-state index in [0.717, 1.165) is 23.5 Å². The lowest BCUT2D eigenvalue weighted by Gasteiger charge is -2.21. The molecular formula is C15H21NO2. The fourth-order valence-corrected chi connectivity index (χ4v) is 2.56. The monoisotopic (exact) mass is 247 g/mol. The van der Waals surface area contributed by atoms with Gasteiger partial charge in [-0.2, -0.15) is 0 Å². The van der Waals surface area contributed by atoms with Crippen LogP contribution in [-0.2, 0) is 0 Å². The number of hydrogen-bond donors (Lipinski definition) is 1. The average molecular weight is 247 g/mol. The van der Waals surface area contributed by atoms with Crippen molar-refractivity contribution < 1.29 is 9.47 Å². The van der Waals surface area contributed by atoms with Crippen molar-refractivity contribution in [3.8, 4) is 11.5 Å². The summed E-state index contributed by atoms with van der Waals surface area (Å²) in [6.45, 7) is 0. The maximum absolute atomic E-state index is 5.46. The van der Waals surface area contributed by atoms with Crippen LogP contribution in [0, 0.1) is 0 Å². The summed E-state index contributed by atoms with van der Waals surface area (Å²) in [7, 11) is 5.39. The fourth-order valence-electron chi connectivity index (χ4n) is 2.56. The number of nitrogens with one attached hydrogen (secondary N) is 1. The molecule has 0 bridgehead atoms. The van der Waals surface area contributed by atoms with Gasteiger partial charge in [-0.25, -0.2) is 0 Å². The second-order valence-electron chi connectivity index (χ2n) is 4.50. The highest BCUT2D eigenvalue weighted by atomic mass is 16.5. The first kappa shape index (κ1) is 13.0. The van der Waals surface area contributed by atoms with Crippen molar-refractivity contribution in [1.82, 2.24) is 5.32 Å². The Bertz CT molecular complexity index is 440. The summed E-state index contributed by atoms with van der Waals surface area (Å²) in [4.78, 5) is 0. The third-order valence-corrected chi connectivity index (χ3v) is 3.48. The zero-order valence-electron chi connectivity index (χ0n) is 11.3. The minimum Gasteiger partial charge on any atom is -0.497 e. The predicted octanol–water partition coefficient (Wildman–Crippen LogP) is 3.07. The largest absolute Gasteiger partial charge is 0.497 e. The molecule has 0 amide bonds. The van der Waals surface area contributed by atoms with Crippen LogP contribution in [0.5, 0.6) is 11.5 Å². The molecule has 0 radical (unpaired) electrons. The lowest BCUT2D eigenvalue weighted by atomic mass is 9.97. The standard InChI is InChI=1S/C15H21NO2/c1-16-15(11-6-4-5-7-11)13-10-12(17-2)8-9-14(13)18-3/h6,8-10,15-16H,4-5,7H2,1-3H3. The van der Waals surface area contributed by atoms with Gasteiger partial charge in [-0.3, -0.25) is 0 Å². The van der Waals surface area contributed by atoms with Crippen LogP contribution in [0.3, 0.4) is 0 Å². The molecule has 3 heteroatoms. The number of rotatable bonds is 5. The minimum absolute atomic E-state index is 0.220. The molecule has 0 aromatic heterocycles. The molecule has 18 heavy (non-hydrogen) atoms. The third-order valence-electron chi connectivity index (χ3n) is 3.48. The van der Waals surface area contributed by atoms with Gasteiger partial charge in [0.2, 0.25) is 0 Å². The van der Waals surface area contributed by atoms with Crippen molar-refractivity contribution in [3.05, 3.63) is 35.4 Å². The number of benzene rings is 1. The van der Waals surface area contributed by atoms with Crippen LogP contribution in [-0.4, -0.2) is 21.3 Å². The van der Waals surface area contributed by atoms with Gasteiger partial charge >= 0.3 is 0 Å². The zero-order valence-corrected chi connectivity index (χ0v) is 11.3. The van der Waals surface area contributed by atoms with Crippen LogP contribution >= 0.6 is 0 Å². The smallest absolute Gasteiger partial charge is 0.124 e. The normalized spacial score (nSPS) is 16.3. The summed E-state index contributed by atoms with van der Waals surface area (Å²) >= 11 is 0. The molecule has 2 rings (SSSR count). The maximum Gasteiger partial charge on any atom is 0.124 e. The molecule has 0 spiro atoms. The van der Waals surface area contributed by atoms with Crippen LogP contribution in [0.1, 0.15) is 30.9 Å². The Labute approximate surface area is 109 Å². The molecule has 0 saturated heterocycles. The number of methoxy groups -OCH3 is 2. The van der Waals surface area contributed by atoms with E-state index in [1.54, 1.807) is 14.2 Å². The van der Waals surface area contributed by atoms with E-state index in [0.29, 0.717) is 0 Å². The van der Waals surface area contributed by atoms with Crippen molar-refractivity contribution in [3.63, 3.8) is 0 Å². The van der Waals surface area contributed by atoms with Gasteiger partial charge in [0.15, 0.2) is 0 Å². The van der Waals surface area contributed by atoms with Gasteiger partial charge in [-0.15, -0.1) is 0 Å². The molecule has 1 aliphatic carbocycles. The first-order valence-corrected chi connectivity index (χ1v) is 6.38. The molecule has 1 atom stereocenters. The molecule has 0 heterocycles. The van der Waals surface area contributed by atoms with E-state index < -0.39 is 0 Å². The number of ether oxygens (including phenoxy) is 2. The third kappa shape index (κ3) is 2.51. The van der Waals surface area contributed by atoms with Gasteiger partial charge in [-0.05, 0) is 44.5 Å². The molecule has 1 aromatic carbocycles. The van der Waals surface area contributed by atoms with Crippen molar-refractivity contribution in [2.24, 2.45) is 0 Å². The highest BCUT2D eigenvalue weighted by Crippen LogP contribution is 2.36. The van der Waals surface area contributed by atoms with E-state index in [9.17, 15) is 0 Å². The lowest BCUT2D eigenvalue weighted by Crippen LogP contribution is -2.19. The van der Waals surface area contributed by atoms with Gasteiger partial charge in [-0.1, -0.05) is 11.6 Å². The molecule has 1 N–H and O–H groups in total. The number of likely N-dealkylation sites (N-methyl/N-ethyl adjacent to an activating group) is 1. The molecule has 0 aliphatic heterocycles. The van der Waals surface area contributed by atoms with E-state index in [-0.39, 0.29) is 6.04 Å². The van der Waals surface area contributed by atoms with Crippen LogP contribution in [0.4, 0.5) is 0 Å². The maximum atomic E-state index is 5.46. The fraction of sp³-hybridized carbons (Fsp3) is 0.467. The predicted molar refractivity (Wildman–Crippen MR) is 73.3 cm³/mol. The van der Waals surface area contributed by atoms with Crippen LogP contribution in [0.15, 0.2) is 29.8 Å². The van der Waals surface area contributed by atoms with Gasteiger partial charge in [0.25, 0.3) is 0 Å². The van der Waals surface area contributed by atoms with Crippen molar-refractivity contribution in [2.75, 3.05) is 21.3 Å². The Morgan fingerprint density at radius 1 is 1.22 bits per heavy atom. The van der Waals surface area contributed by atoms with Gasteiger partial charge in [0, 0.05) is 5.56 Å². The molecule has 0 saturated carbocycles. The molecule has 3 nitrogen and oxygen atoms in total. The highest BCUT2D eigenvalue weighted by Gasteiger charge is 2.21. The topological polar surface area (TPSA) is 30.5 Å². The van der Waals surface area contributed by atoms with Crippen molar-refractivity contribution in [2.45, 2.75) is 25.3 Å². The summed E-state index contributed by atoms with van der Waals surface area (Å²) in [5.41, 5.74) is 2.59.